The van der Waals surface area contributed by atoms with Crippen LogP contribution in [0.4, 0.5) is 18.9 Å². The van der Waals surface area contributed by atoms with Gasteiger partial charge < -0.3 is 10.1 Å². The second kappa shape index (κ2) is 6.40. The van der Waals surface area contributed by atoms with Gasteiger partial charge in [0.25, 0.3) is 0 Å². The summed E-state index contributed by atoms with van der Waals surface area (Å²) in [6, 6.07) is 8.41. The number of hydrogen-bond acceptors (Lipinski definition) is 2. The van der Waals surface area contributed by atoms with Gasteiger partial charge in [0.15, 0.2) is 0 Å². The monoisotopic (exact) mass is 327 g/mol. The zero-order chi connectivity index (χ0) is 16.3. The van der Waals surface area contributed by atoms with Crippen LogP contribution in [0.2, 0.25) is 5.02 Å². The molecule has 0 aliphatic rings. The lowest BCUT2D eigenvalue weighted by molar-refractivity contribution is -0.137. The van der Waals surface area contributed by atoms with E-state index in [1.165, 1.54) is 12.1 Å². The van der Waals surface area contributed by atoms with E-state index in [-0.39, 0.29) is 17.0 Å². The zero-order valence-corrected chi connectivity index (χ0v) is 12.4. The molecular formula is C16H13ClF3NO. The number of anilines is 1. The van der Waals surface area contributed by atoms with Crippen molar-refractivity contribution in [1.82, 2.24) is 0 Å². The number of halogens is 4. The molecular weight excluding hydrogens is 315 g/mol. The van der Waals surface area contributed by atoms with Crippen molar-refractivity contribution < 1.29 is 18.0 Å². The van der Waals surface area contributed by atoms with Gasteiger partial charge in [-0.15, -0.1) is 0 Å². The minimum absolute atomic E-state index is 0.0177. The largest absolute Gasteiger partial charge is 0.417 e. The summed E-state index contributed by atoms with van der Waals surface area (Å²) in [5, 5.41) is 2.92. The molecule has 0 aromatic heterocycles. The molecule has 1 N–H and O–H groups in total. The molecule has 0 saturated carbocycles. The van der Waals surface area contributed by atoms with Crippen LogP contribution in [-0.2, 0) is 17.4 Å². The maximum atomic E-state index is 13.2. The quantitative estimate of drug-likeness (QED) is 0.817. The third-order valence-corrected chi connectivity index (χ3v) is 3.60. The number of aldehydes is 1. The van der Waals surface area contributed by atoms with Gasteiger partial charge in [-0.05, 0) is 35.4 Å². The first-order valence-corrected chi connectivity index (χ1v) is 6.86. The molecule has 6 heteroatoms. The highest BCUT2D eigenvalue weighted by Gasteiger charge is 2.34. The molecule has 0 atom stereocenters. The molecule has 0 amide bonds. The molecule has 0 fully saturated rings. The third-order valence-electron chi connectivity index (χ3n) is 3.29. The maximum absolute atomic E-state index is 13.2. The fourth-order valence-corrected chi connectivity index (χ4v) is 2.59. The Bertz CT molecular complexity index is 698. The first-order chi connectivity index (χ1) is 10.4. The number of alkyl halides is 3. The summed E-state index contributed by atoms with van der Waals surface area (Å²) in [4.78, 5) is 10.7. The van der Waals surface area contributed by atoms with Gasteiger partial charge in [0.05, 0.1) is 5.56 Å². The lowest BCUT2D eigenvalue weighted by atomic mass is 9.96. The summed E-state index contributed by atoms with van der Waals surface area (Å²) in [5.74, 6) is 0. The van der Waals surface area contributed by atoms with E-state index in [1.54, 1.807) is 25.2 Å². The number of carbonyl (C=O) groups is 1. The van der Waals surface area contributed by atoms with E-state index in [0.717, 1.165) is 6.07 Å². The Morgan fingerprint density at radius 1 is 1.23 bits per heavy atom. The number of carbonyl (C=O) groups excluding carboxylic acids is 1. The standard InChI is InChI=1S/C16H13ClF3NO/c1-21-14-6-5-11(9-10(14)7-8-22)15-12(16(18,19)20)3-2-4-13(15)17/h2-6,8-9,21H,7H2,1H3. The average Bonchev–Trinajstić information content (AvgIpc) is 2.46. The van der Waals surface area contributed by atoms with Gasteiger partial charge in [-0.3, -0.25) is 0 Å². The Labute approximate surface area is 130 Å². The van der Waals surface area contributed by atoms with E-state index in [1.807, 2.05) is 0 Å². The number of hydrogen-bond donors (Lipinski definition) is 1. The second-order valence-electron chi connectivity index (χ2n) is 4.65. The molecule has 2 aromatic carbocycles. The van der Waals surface area contributed by atoms with Crippen molar-refractivity contribution in [2.75, 3.05) is 12.4 Å². The Balaban J connectivity index is 2.67. The van der Waals surface area contributed by atoms with Gasteiger partial charge in [0.1, 0.15) is 6.29 Å². The maximum Gasteiger partial charge on any atom is 0.417 e. The first kappa shape index (κ1) is 16.4. The lowest BCUT2D eigenvalue weighted by Crippen LogP contribution is -2.07. The molecule has 22 heavy (non-hydrogen) atoms. The van der Waals surface area contributed by atoms with Gasteiger partial charge in [-0.1, -0.05) is 23.7 Å². The van der Waals surface area contributed by atoms with E-state index < -0.39 is 11.7 Å². The highest BCUT2D eigenvalue weighted by atomic mass is 35.5. The fourth-order valence-electron chi connectivity index (χ4n) is 2.31. The van der Waals surface area contributed by atoms with Crippen molar-refractivity contribution >= 4 is 23.6 Å². The van der Waals surface area contributed by atoms with E-state index in [2.05, 4.69) is 5.32 Å². The number of rotatable bonds is 4. The predicted molar refractivity (Wildman–Crippen MR) is 81.2 cm³/mol. The van der Waals surface area contributed by atoms with E-state index in [9.17, 15) is 18.0 Å². The molecule has 0 saturated heterocycles. The second-order valence-corrected chi connectivity index (χ2v) is 5.06. The molecule has 0 spiro atoms. The normalized spacial score (nSPS) is 11.3. The van der Waals surface area contributed by atoms with Gasteiger partial charge in [0.2, 0.25) is 0 Å². The van der Waals surface area contributed by atoms with Crippen LogP contribution < -0.4 is 5.32 Å². The van der Waals surface area contributed by atoms with Crippen LogP contribution in [0.25, 0.3) is 11.1 Å². The van der Waals surface area contributed by atoms with Crippen molar-refractivity contribution in [2.45, 2.75) is 12.6 Å². The topological polar surface area (TPSA) is 29.1 Å². The van der Waals surface area contributed by atoms with Crippen LogP contribution >= 0.6 is 11.6 Å². The zero-order valence-electron chi connectivity index (χ0n) is 11.7. The van der Waals surface area contributed by atoms with Crippen LogP contribution in [0.5, 0.6) is 0 Å². The van der Waals surface area contributed by atoms with Crippen molar-refractivity contribution in [3.05, 3.63) is 52.5 Å². The third kappa shape index (κ3) is 3.25. The molecule has 0 aliphatic carbocycles. The average molecular weight is 328 g/mol. The Morgan fingerprint density at radius 3 is 2.55 bits per heavy atom. The fraction of sp³-hybridized carbons (Fsp3) is 0.188. The highest BCUT2D eigenvalue weighted by molar-refractivity contribution is 6.33. The number of nitrogens with one attached hydrogen (secondary N) is 1. The summed E-state index contributed by atoms with van der Waals surface area (Å²) < 4.78 is 39.5. The minimum Gasteiger partial charge on any atom is -0.388 e. The Morgan fingerprint density at radius 2 is 1.95 bits per heavy atom. The van der Waals surface area contributed by atoms with Gasteiger partial charge in [0, 0.05) is 29.7 Å². The van der Waals surface area contributed by atoms with Crippen molar-refractivity contribution in [1.29, 1.82) is 0 Å². The molecule has 0 radical (unpaired) electrons. The first-order valence-electron chi connectivity index (χ1n) is 6.49. The molecule has 0 bridgehead atoms. The molecule has 116 valence electrons. The number of benzene rings is 2. The van der Waals surface area contributed by atoms with E-state index in [0.29, 0.717) is 23.1 Å². The Hall–Kier alpha value is -2.01. The summed E-state index contributed by atoms with van der Waals surface area (Å²) in [6.07, 6.45) is -3.69. The molecule has 0 unspecified atom stereocenters. The summed E-state index contributed by atoms with van der Waals surface area (Å²) in [7, 11) is 1.68. The molecule has 2 nitrogen and oxygen atoms in total. The molecule has 0 heterocycles. The van der Waals surface area contributed by atoms with E-state index >= 15 is 0 Å². The summed E-state index contributed by atoms with van der Waals surface area (Å²) in [5.41, 5.74) is 0.758. The van der Waals surface area contributed by atoms with Crippen molar-refractivity contribution in [3.8, 4) is 11.1 Å². The molecule has 2 aromatic rings. The van der Waals surface area contributed by atoms with Crippen LogP contribution in [0.3, 0.4) is 0 Å². The van der Waals surface area contributed by atoms with Crippen molar-refractivity contribution in [3.63, 3.8) is 0 Å². The van der Waals surface area contributed by atoms with Crippen molar-refractivity contribution in [2.24, 2.45) is 0 Å². The SMILES string of the molecule is CNc1ccc(-c2c(Cl)cccc2C(F)(F)F)cc1CC=O. The van der Waals surface area contributed by atoms with Crippen LogP contribution in [0, 0.1) is 0 Å². The smallest absolute Gasteiger partial charge is 0.388 e. The molecule has 2 rings (SSSR count). The minimum atomic E-state index is -4.51. The molecule has 0 aliphatic heterocycles. The van der Waals surface area contributed by atoms with E-state index in [4.69, 9.17) is 11.6 Å². The van der Waals surface area contributed by atoms with Crippen LogP contribution in [0.15, 0.2) is 36.4 Å². The van der Waals surface area contributed by atoms with Crippen LogP contribution in [0.1, 0.15) is 11.1 Å². The van der Waals surface area contributed by atoms with Gasteiger partial charge in [-0.2, -0.15) is 13.2 Å². The Kier molecular flexibility index (Phi) is 4.76. The predicted octanol–water partition coefficient (Wildman–Crippen LogP) is 4.81. The van der Waals surface area contributed by atoms with Crippen LogP contribution in [-0.4, -0.2) is 13.3 Å². The highest BCUT2D eigenvalue weighted by Crippen LogP contribution is 2.41. The lowest BCUT2D eigenvalue weighted by Gasteiger charge is -2.16. The van der Waals surface area contributed by atoms with Gasteiger partial charge in [-0.25, -0.2) is 0 Å². The van der Waals surface area contributed by atoms with Gasteiger partial charge >= 0.3 is 6.18 Å². The summed E-state index contributed by atoms with van der Waals surface area (Å²) >= 11 is 5.99. The summed E-state index contributed by atoms with van der Waals surface area (Å²) in [6.45, 7) is 0.